The fourth-order valence-corrected chi connectivity index (χ4v) is 4.29. The number of carbonyl (C=O) groups is 2. The number of hydrogen-bond donors (Lipinski definition) is 1. The first-order chi connectivity index (χ1) is 15.0. The van der Waals surface area contributed by atoms with Gasteiger partial charge in [0.2, 0.25) is 0 Å². The molecule has 2 atom stereocenters. The van der Waals surface area contributed by atoms with Crippen molar-refractivity contribution in [2.75, 3.05) is 13.7 Å². The van der Waals surface area contributed by atoms with E-state index >= 15 is 0 Å². The fraction of sp³-hybridized carbons (Fsp3) is 0.320. The van der Waals surface area contributed by atoms with Crippen molar-refractivity contribution >= 4 is 22.8 Å². The number of hydrogen-bond acceptors (Lipinski definition) is 5. The first-order valence-corrected chi connectivity index (χ1v) is 10.6. The number of pyridine rings is 1. The van der Waals surface area contributed by atoms with E-state index in [0.29, 0.717) is 18.5 Å². The second kappa shape index (κ2) is 8.86. The molecule has 0 bridgehead atoms. The summed E-state index contributed by atoms with van der Waals surface area (Å²) < 4.78 is 4.97. The van der Waals surface area contributed by atoms with Crippen molar-refractivity contribution in [2.45, 2.75) is 38.4 Å². The average molecular weight is 418 g/mol. The summed E-state index contributed by atoms with van der Waals surface area (Å²) in [5.41, 5.74) is 3.07. The van der Waals surface area contributed by atoms with E-state index in [1.807, 2.05) is 74.5 Å². The molecule has 6 heteroatoms. The molecule has 0 unspecified atom stereocenters. The number of esters is 1. The molecular weight excluding hydrogens is 390 g/mol. The van der Waals surface area contributed by atoms with E-state index in [-0.39, 0.29) is 30.0 Å². The van der Waals surface area contributed by atoms with Crippen LogP contribution in [-0.2, 0) is 9.53 Å². The lowest BCUT2D eigenvalue weighted by Crippen LogP contribution is -2.42. The van der Waals surface area contributed by atoms with Gasteiger partial charge in [0, 0.05) is 29.6 Å². The van der Waals surface area contributed by atoms with Gasteiger partial charge in [-0.1, -0.05) is 48.5 Å². The van der Waals surface area contributed by atoms with Crippen LogP contribution in [-0.4, -0.2) is 53.5 Å². The second-order valence-corrected chi connectivity index (χ2v) is 8.17. The van der Waals surface area contributed by atoms with Gasteiger partial charge in [0.15, 0.2) is 0 Å². The Labute approximate surface area is 182 Å². The van der Waals surface area contributed by atoms with Gasteiger partial charge in [0.25, 0.3) is 5.91 Å². The van der Waals surface area contributed by atoms with E-state index in [9.17, 15) is 9.59 Å². The standard InChI is InChI=1S/C25H27N3O3/c1-16(2)28-15-18(13-23(28)25(30)31-3)26-24(29)20-14-22(17-9-5-4-6-10-17)27-21-12-8-7-11-19(20)21/h4-12,14,16,18,23H,13,15H2,1-3H3,(H,26,29)/t18-,23+/m1/s1. The molecule has 4 rings (SSSR count). The number of para-hydroxylation sites is 1. The lowest BCUT2D eigenvalue weighted by molar-refractivity contribution is -0.146. The highest BCUT2D eigenvalue weighted by molar-refractivity contribution is 6.07. The van der Waals surface area contributed by atoms with Gasteiger partial charge in [-0.2, -0.15) is 0 Å². The summed E-state index contributed by atoms with van der Waals surface area (Å²) in [6.07, 6.45) is 0.533. The number of carbonyl (C=O) groups excluding carboxylic acids is 2. The topological polar surface area (TPSA) is 71.5 Å². The highest BCUT2D eigenvalue weighted by Crippen LogP contribution is 2.26. The highest BCUT2D eigenvalue weighted by atomic mass is 16.5. The van der Waals surface area contributed by atoms with Gasteiger partial charge in [0.05, 0.1) is 23.9 Å². The Morgan fingerprint density at radius 1 is 1.10 bits per heavy atom. The number of ether oxygens (including phenoxy) is 1. The zero-order valence-corrected chi connectivity index (χ0v) is 18.0. The number of methoxy groups -OCH3 is 1. The summed E-state index contributed by atoms with van der Waals surface area (Å²) >= 11 is 0. The average Bonchev–Trinajstić information content (AvgIpc) is 3.22. The van der Waals surface area contributed by atoms with Crippen molar-refractivity contribution in [1.29, 1.82) is 0 Å². The molecule has 1 saturated heterocycles. The predicted molar refractivity (Wildman–Crippen MR) is 121 cm³/mol. The van der Waals surface area contributed by atoms with Gasteiger partial charge in [-0.05, 0) is 32.4 Å². The van der Waals surface area contributed by atoms with E-state index < -0.39 is 0 Å². The maximum absolute atomic E-state index is 13.3. The number of amides is 1. The molecular formula is C25H27N3O3. The van der Waals surface area contributed by atoms with E-state index in [1.165, 1.54) is 7.11 Å². The van der Waals surface area contributed by atoms with Gasteiger partial charge < -0.3 is 10.1 Å². The van der Waals surface area contributed by atoms with Crippen LogP contribution in [0.2, 0.25) is 0 Å². The highest BCUT2D eigenvalue weighted by Gasteiger charge is 2.39. The predicted octanol–water partition coefficient (Wildman–Crippen LogP) is 3.66. The Bertz CT molecular complexity index is 1100. The van der Waals surface area contributed by atoms with Crippen LogP contribution in [0.15, 0.2) is 60.7 Å². The minimum atomic E-state index is -0.343. The van der Waals surface area contributed by atoms with Crippen LogP contribution in [0.3, 0.4) is 0 Å². The Morgan fingerprint density at radius 2 is 1.81 bits per heavy atom. The third kappa shape index (κ3) is 4.30. The zero-order valence-electron chi connectivity index (χ0n) is 18.0. The van der Waals surface area contributed by atoms with E-state index in [2.05, 4.69) is 10.2 Å². The van der Waals surface area contributed by atoms with E-state index in [4.69, 9.17) is 9.72 Å². The number of fused-ring (bicyclic) bond motifs is 1. The van der Waals surface area contributed by atoms with Crippen LogP contribution in [0, 0.1) is 0 Å². The Balaban J connectivity index is 1.64. The molecule has 3 aromatic rings. The number of rotatable bonds is 5. The maximum atomic E-state index is 13.3. The molecule has 0 aliphatic carbocycles. The number of benzene rings is 2. The third-order valence-corrected chi connectivity index (χ3v) is 5.84. The maximum Gasteiger partial charge on any atom is 0.323 e. The first kappa shape index (κ1) is 21.0. The SMILES string of the molecule is COC(=O)[C@@H]1C[C@@H](NC(=O)c2cc(-c3ccccc3)nc3ccccc23)CN1C(C)C. The monoisotopic (exact) mass is 417 g/mol. The molecule has 1 N–H and O–H groups in total. The quantitative estimate of drug-likeness (QED) is 0.642. The van der Waals surface area contributed by atoms with Crippen molar-refractivity contribution < 1.29 is 14.3 Å². The van der Waals surface area contributed by atoms with Crippen LogP contribution in [0.25, 0.3) is 22.2 Å². The Kier molecular flexibility index (Phi) is 6.00. The second-order valence-electron chi connectivity index (χ2n) is 8.17. The molecule has 2 aromatic carbocycles. The van der Waals surface area contributed by atoms with Gasteiger partial charge >= 0.3 is 5.97 Å². The molecule has 0 saturated carbocycles. The molecule has 160 valence electrons. The molecule has 1 amide bonds. The van der Waals surface area contributed by atoms with Crippen LogP contribution in [0.4, 0.5) is 0 Å². The van der Waals surface area contributed by atoms with Crippen molar-refractivity contribution in [2.24, 2.45) is 0 Å². The van der Waals surface area contributed by atoms with Crippen molar-refractivity contribution in [3.05, 3.63) is 66.2 Å². The van der Waals surface area contributed by atoms with Crippen molar-refractivity contribution in [1.82, 2.24) is 15.2 Å². The summed E-state index contributed by atoms with van der Waals surface area (Å²) in [7, 11) is 1.40. The molecule has 0 spiro atoms. The smallest absolute Gasteiger partial charge is 0.323 e. The lowest BCUT2D eigenvalue weighted by atomic mass is 10.0. The number of aromatic nitrogens is 1. The normalized spacial score (nSPS) is 19.0. The Morgan fingerprint density at radius 3 is 2.52 bits per heavy atom. The molecule has 31 heavy (non-hydrogen) atoms. The summed E-state index contributed by atoms with van der Waals surface area (Å²) in [5, 5.41) is 3.95. The van der Waals surface area contributed by atoms with Gasteiger partial charge in [0.1, 0.15) is 6.04 Å². The summed E-state index contributed by atoms with van der Waals surface area (Å²) in [5.74, 6) is -0.416. The molecule has 2 heterocycles. The molecule has 1 fully saturated rings. The van der Waals surface area contributed by atoms with E-state index in [1.54, 1.807) is 0 Å². The van der Waals surface area contributed by atoms with Crippen molar-refractivity contribution in [3.63, 3.8) is 0 Å². The van der Waals surface area contributed by atoms with Crippen LogP contribution in [0.1, 0.15) is 30.6 Å². The summed E-state index contributed by atoms with van der Waals surface area (Å²) in [6.45, 7) is 4.70. The fourth-order valence-electron chi connectivity index (χ4n) is 4.29. The molecule has 0 radical (unpaired) electrons. The minimum absolute atomic E-state index is 0.133. The molecule has 1 aromatic heterocycles. The lowest BCUT2D eigenvalue weighted by Gasteiger charge is -2.25. The van der Waals surface area contributed by atoms with Crippen LogP contribution in [0.5, 0.6) is 0 Å². The van der Waals surface area contributed by atoms with Gasteiger partial charge in [-0.15, -0.1) is 0 Å². The molecule has 1 aliphatic rings. The van der Waals surface area contributed by atoms with E-state index in [0.717, 1.165) is 22.2 Å². The minimum Gasteiger partial charge on any atom is -0.468 e. The molecule has 6 nitrogen and oxygen atoms in total. The van der Waals surface area contributed by atoms with Gasteiger partial charge in [-0.25, -0.2) is 4.98 Å². The summed E-state index contributed by atoms with van der Waals surface area (Å²) in [4.78, 5) is 32.4. The number of nitrogens with zero attached hydrogens (tertiary/aromatic N) is 2. The summed E-state index contributed by atoms with van der Waals surface area (Å²) in [6, 6.07) is 19.0. The number of likely N-dealkylation sites (tertiary alicyclic amines) is 1. The number of nitrogens with one attached hydrogen (secondary N) is 1. The largest absolute Gasteiger partial charge is 0.468 e. The van der Waals surface area contributed by atoms with Crippen molar-refractivity contribution in [3.8, 4) is 11.3 Å². The third-order valence-electron chi connectivity index (χ3n) is 5.84. The first-order valence-electron chi connectivity index (χ1n) is 10.6. The van der Waals surface area contributed by atoms with Gasteiger partial charge in [-0.3, -0.25) is 14.5 Å². The van der Waals surface area contributed by atoms with Crippen LogP contribution >= 0.6 is 0 Å². The van der Waals surface area contributed by atoms with Crippen LogP contribution < -0.4 is 5.32 Å². The Hall–Kier alpha value is -3.25. The molecule has 1 aliphatic heterocycles. The zero-order chi connectivity index (χ0) is 22.0.